The standard InChI is InChI=1S/C32H33FN6O2.2C2HF3O2/c1-4-19-15-25(28(33)27(16-19)41-6-3)29(38-21-11-12-22-20(17-21)13-14-36-30(22)34)31-37-18-26(39-31)23-9-7-8-10-24(23)32(40)35-5-2;2*3-2(4,5)1(6)7/h7-18,29,38H,4-6H2,1-3H3,(H2,34,36)(H,35,40)(H,37,39);2*(H,6,7). The van der Waals surface area contributed by atoms with Crippen molar-refractivity contribution in [1.29, 1.82) is 0 Å². The van der Waals surface area contributed by atoms with E-state index in [1.165, 1.54) is 0 Å². The van der Waals surface area contributed by atoms with Gasteiger partial charge in [-0.15, -0.1) is 0 Å². The first-order chi connectivity index (χ1) is 25.8. The molecule has 19 heteroatoms. The van der Waals surface area contributed by atoms with Gasteiger partial charge in [0.2, 0.25) is 0 Å². The fraction of sp³-hybridized carbons (Fsp3) is 0.250. The fourth-order valence-electron chi connectivity index (χ4n) is 4.89. The molecule has 12 nitrogen and oxygen atoms in total. The number of carbonyl (C=O) groups is 3. The summed E-state index contributed by atoms with van der Waals surface area (Å²) in [5.41, 5.74) is 9.88. The minimum atomic E-state index is -5.08. The van der Waals surface area contributed by atoms with Crippen LogP contribution in [-0.4, -0.2) is 68.5 Å². The summed E-state index contributed by atoms with van der Waals surface area (Å²) < 4.78 is 85.2. The first-order valence-corrected chi connectivity index (χ1v) is 16.2. The third-order valence-electron chi connectivity index (χ3n) is 7.39. The number of carbonyl (C=O) groups excluding carboxylic acids is 1. The van der Waals surface area contributed by atoms with Crippen molar-refractivity contribution in [3.63, 3.8) is 0 Å². The topological polar surface area (TPSA) is 193 Å². The molecule has 0 fully saturated rings. The van der Waals surface area contributed by atoms with Crippen LogP contribution in [0.5, 0.6) is 5.75 Å². The number of nitrogens with zero attached hydrogens (tertiary/aromatic N) is 2. The zero-order valence-corrected chi connectivity index (χ0v) is 29.3. The van der Waals surface area contributed by atoms with Crippen molar-refractivity contribution < 1.29 is 60.1 Å². The molecule has 0 aliphatic heterocycles. The first-order valence-electron chi connectivity index (χ1n) is 16.2. The number of nitrogens with two attached hydrogens (primary N) is 1. The summed E-state index contributed by atoms with van der Waals surface area (Å²) in [6.45, 7) is 6.56. The number of aromatic amines is 1. The number of nitrogen functional groups attached to an aromatic ring is 1. The van der Waals surface area contributed by atoms with Crippen LogP contribution in [0.2, 0.25) is 0 Å². The average Bonchev–Trinajstić information content (AvgIpc) is 3.62. The minimum Gasteiger partial charge on any atom is -0.491 e. The highest BCUT2D eigenvalue weighted by molar-refractivity contribution is 6.00. The minimum absolute atomic E-state index is 0.185. The van der Waals surface area contributed by atoms with Gasteiger partial charge in [0, 0.05) is 46.7 Å². The zero-order valence-electron chi connectivity index (χ0n) is 29.3. The van der Waals surface area contributed by atoms with Gasteiger partial charge in [0.25, 0.3) is 5.91 Å². The van der Waals surface area contributed by atoms with E-state index < -0.39 is 36.2 Å². The number of fused-ring (bicyclic) bond motifs is 1. The van der Waals surface area contributed by atoms with Gasteiger partial charge in [-0.2, -0.15) is 26.3 Å². The number of aryl methyl sites for hydroxylation is 1. The molecule has 2 heterocycles. The molecule has 0 spiro atoms. The number of carboxylic acid groups (broad SMARTS) is 2. The van der Waals surface area contributed by atoms with Gasteiger partial charge in [0.05, 0.1) is 12.3 Å². The van der Waals surface area contributed by atoms with E-state index in [0.29, 0.717) is 53.6 Å². The van der Waals surface area contributed by atoms with Gasteiger partial charge in [-0.3, -0.25) is 4.79 Å². The number of hydrogen-bond acceptors (Lipinski definition) is 8. The number of hydrogen-bond donors (Lipinski definition) is 6. The molecule has 2 aromatic heterocycles. The third-order valence-corrected chi connectivity index (χ3v) is 7.39. The Hall–Kier alpha value is -6.40. The number of amides is 1. The maximum atomic E-state index is 16.0. The molecule has 0 radical (unpaired) electrons. The predicted molar refractivity (Wildman–Crippen MR) is 188 cm³/mol. The van der Waals surface area contributed by atoms with E-state index in [0.717, 1.165) is 22.0 Å². The number of rotatable bonds is 10. The van der Waals surface area contributed by atoms with Crippen LogP contribution in [0.1, 0.15) is 54.1 Å². The van der Waals surface area contributed by atoms with Crippen molar-refractivity contribution in [2.24, 2.45) is 0 Å². The fourth-order valence-corrected chi connectivity index (χ4v) is 4.89. The smallest absolute Gasteiger partial charge is 0.490 e. The van der Waals surface area contributed by atoms with Gasteiger partial charge in [0.15, 0.2) is 11.6 Å². The van der Waals surface area contributed by atoms with Crippen LogP contribution in [0.4, 0.5) is 42.2 Å². The van der Waals surface area contributed by atoms with Crippen molar-refractivity contribution >= 4 is 40.1 Å². The van der Waals surface area contributed by atoms with E-state index in [1.54, 1.807) is 24.5 Å². The van der Waals surface area contributed by atoms with E-state index in [2.05, 4.69) is 20.6 Å². The van der Waals surface area contributed by atoms with Crippen molar-refractivity contribution in [1.82, 2.24) is 20.3 Å². The molecule has 7 N–H and O–H groups in total. The molecule has 1 amide bonds. The number of ether oxygens (including phenoxy) is 1. The Balaban J connectivity index is 0.000000494. The first kappa shape index (κ1) is 43.0. The number of pyridine rings is 1. The molecule has 0 aliphatic carbocycles. The molecule has 0 bridgehead atoms. The van der Waals surface area contributed by atoms with Crippen LogP contribution in [0.25, 0.3) is 22.0 Å². The maximum absolute atomic E-state index is 16.0. The Morgan fingerprint density at radius 2 is 1.56 bits per heavy atom. The molecule has 0 aliphatic rings. The van der Waals surface area contributed by atoms with E-state index in [9.17, 15) is 31.1 Å². The molecule has 1 atom stereocenters. The van der Waals surface area contributed by atoms with Gasteiger partial charge in [-0.05, 0) is 67.6 Å². The molecule has 5 aromatic rings. The summed E-state index contributed by atoms with van der Waals surface area (Å²) in [6, 6.07) is 17.7. The highest BCUT2D eigenvalue weighted by atomic mass is 19.4. The van der Waals surface area contributed by atoms with E-state index >= 15 is 4.39 Å². The number of halogens is 7. The Kier molecular flexibility index (Phi) is 14.5. The SMILES string of the molecule is CCNC(=O)c1ccccc1-c1c[nH]c(C(Nc2ccc3c(N)nccc3c2)c2cc(CC)cc(OCC)c2F)n1.O=C(O)C(F)(F)F.O=C(O)C(F)(F)F. The number of aliphatic carboxylic acids is 2. The molecular weight excluding hydrogens is 745 g/mol. The van der Waals surface area contributed by atoms with Crippen LogP contribution in [0.15, 0.2) is 73.1 Å². The Bertz CT molecular complexity index is 2100. The highest BCUT2D eigenvalue weighted by Gasteiger charge is 2.39. The summed E-state index contributed by atoms with van der Waals surface area (Å²) in [5.74, 6) is -5.05. The van der Waals surface area contributed by atoms with Gasteiger partial charge < -0.3 is 36.3 Å². The lowest BCUT2D eigenvalue weighted by molar-refractivity contribution is -0.193. The van der Waals surface area contributed by atoms with Crippen molar-refractivity contribution in [3.8, 4) is 17.0 Å². The van der Waals surface area contributed by atoms with Gasteiger partial charge >= 0.3 is 24.3 Å². The molecule has 0 saturated carbocycles. The Morgan fingerprint density at radius 3 is 2.15 bits per heavy atom. The van der Waals surface area contributed by atoms with Crippen LogP contribution >= 0.6 is 0 Å². The van der Waals surface area contributed by atoms with Crippen molar-refractivity contribution in [2.45, 2.75) is 45.6 Å². The van der Waals surface area contributed by atoms with Gasteiger partial charge in [-0.25, -0.2) is 23.9 Å². The van der Waals surface area contributed by atoms with Crippen molar-refractivity contribution in [3.05, 3.63) is 101 Å². The number of aromatic nitrogens is 3. The zero-order chi connectivity index (χ0) is 41.1. The second kappa shape index (κ2) is 18.6. The summed E-state index contributed by atoms with van der Waals surface area (Å²) in [5, 5.41) is 22.3. The molecule has 294 valence electrons. The van der Waals surface area contributed by atoms with E-state index in [-0.39, 0.29) is 11.7 Å². The number of H-pyrrole nitrogens is 1. The number of benzene rings is 3. The largest absolute Gasteiger partial charge is 0.491 e. The van der Waals surface area contributed by atoms with Crippen LogP contribution in [0.3, 0.4) is 0 Å². The van der Waals surface area contributed by atoms with Gasteiger partial charge in [-0.1, -0.05) is 31.2 Å². The lowest BCUT2D eigenvalue weighted by atomic mass is 9.99. The Morgan fingerprint density at radius 1 is 0.927 bits per heavy atom. The quantitative estimate of drug-likeness (QED) is 0.0773. The van der Waals surface area contributed by atoms with E-state index in [4.69, 9.17) is 35.3 Å². The summed E-state index contributed by atoms with van der Waals surface area (Å²) in [7, 11) is 0. The molecule has 1 unspecified atom stereocenters. The van der Waals surface area contributed by atoms with E-state index in [1.807, 2.05) is 69.3 Å². The number of nitrogens with one attached hydrogen (secondary N) is 3. The average molecular weight is 781 g/mol. The highest BCUT2D eigenvalue weighted by Crippen LogP contribution is 2.35. The molecule has 3 aromatic carbocycles. The monoisotopic (exact) mass is 780 g/mol. The molecule has 0 saturated heterocycles. The van der Waals surface area contributed by atoms with Crippen LogP contribution in [0, 0.1) is 5.82 Å². The number of imidazole rings is 1. The summed E-state index contributed by atoms with van der Waals surface area (Å²) in [4.78, 5) is 42.8. The number of alkyl halides is 6. The third kappa shape index (κ3) is 11.5. The lowest BCUT2D eigenvalue weighted by Gasteiger charge is -2.22. The number of anilines is 2. The van der Waals surface area contributed by atoms with Crippen LogP contribution < -0.4 is 21.1 Å². The van der Waals surface area contributed by atoms with Crippen molar-refractivity contribution in [2.75, 3.05) is 24.2 Å². The normalized spacial score (nSPS) is 11.7. The molecular formula is C36H35F7N6O6. The predicted octanol–water partition coefficient (Wildman–Crippen LogP) is 7.53. The number of carboxylic acids is 2. The second-order valence-electron chi connectivity index (χ2n) is 11.2. The van der Waals surface area contributed by atoms with Crippen LogP contribution in [-0.2, 0) is 16.0 Å². The Labute approximate surface area is 308 Å². The molecule has 5 rings (SSSR count). The second-order valence-corrected chi connectivity index (χ2v) is 11.2. The summed E-state index contributed by atoms with van der Waals surface area (Å²) in [6.07, 6.45) is -6.08. The summed E-state index contributed by atoms with van der Waals surface area (Å²) >= 11 is 0. The van der Waals surface area contributed by atoms with Gasteiger partial charge in [0.1, 0.15) is 17.7 Å². The molecule has 55 heavy (non-hydrogen) atoms. The lowest BCUT2D eigenvalue weighted by Crippen LogP contribution is -2.23. The maximum Gasteiger partial charge on any atom is 0.490 e.